The fourth-order valence-corrected chi connectivity index (χ4v) is 3.24. The number of ether oxygens (including phenoxy) is 2. The molecule has 0 saturated carbocycles. The van der Waals surface area contributed by atoms with Crippen molar-refractivity contribution < 1.29 is 22.6 Å². The molecule has 1 unspecified atom stereocenters. The van der Waals surface area contributed by atoms with Crippen LogP contribution in [-0.4, -0.2) is 6.61 Å². The van der Waals surface area contributed by atoms with Crippen molar-refractivity contribution in [3.8, 4) is 17.2 Å². The zero-order chi connectivity index (χ0) is 21.3. The van der Waals surface area contributed by atoms with Crippen LogP contribution in [0.25, 0.3) is 0 Å². The Morgan fingerprint density at radius 3 is 2.30 bits per heavy atom. The van der Waals surface area contributed by atoms with E-state index in [1.165, 1.54) is 18.2 Å². The average molecular weight is 412 g/mol. The van der Waals surface area contributed by atoms with Crippen LogP contribution in [0.1, 0.15) is 29.9 Å². The molecule has 0 aromatic heterocycles. The normalized spacial score (nSPS) is 11.9. The molecule has 0 heterocycles. The Kier molecular flexibility index (Phi) is 7.55. The van der Waals surface area contributed by atoms with Gasteiger partial charge in [0.25, 0.3) is 0 Å². The molecule has 0 amide bonds. The van der Waals surface area contributed by atoms with Crippen molar-refractivity contribution in [1.29, 1.82) is 0 Å². The first kappa shape index (κ1) is 21.5. The van der Waals surface area contributed by atoms with Gasteiger partial charge >= 0.3 is 6.61 Å². The molecule has 2 nitrogen and oxygen atoms in total. The van der Waals surface area contributed by atoms with Crippen molar-refractivity contribution in [2.75, 3.05) is 0 Å². The fraction of sp³-hybridized carbons (Fsp3) is 0.200. The molecule has 0 N–H and O–H groups in total. The van der Waals surface area contributed by atoms with Gasteiger partial charge in [-0.2, -0.15) is 8.78 Å². The van der Waals surface area contributed by atoms with Gasteiger partial charge < -0.3 is 9.47 Å². The molecule has 0 bridgehead atoms. The minimum Gasteiger partial charge on any atom is -0.454 e. The summed E-state index contributed by atoms with van der Waals surface area (Å²) in [5.74, 6) is 0.603. The third-order valence-electron chi connectivity index (χ3n) is 4.77. The van der Waals surface area contributed by atoms with Gasteiger partial charge in [0, 0.05) is 5.92 Å². The molecule has 0 aliphatic rings. The SMILES string of the molecule is C=CC(CCCc1ccc(F)c(Oc2ccccc2)c1)c1ccc(OC(F)F)cc1. The van der Waals surface area contributed by atoms with Crippen LogP contribution < -0.4 is 9.47 Å². The number of rotatable bonds is 10. The van der Waals surface area contributed by atoms with Crippen LogP contribution in [-0.2, 0) is 6.42 Å². The van der Waals surface area contributed by atoms with E-state index in [1.807, 2.05) is 24.3 Å². The van der Waals surface area contributed by atoms with Gasteiger partial charge in [0.1, 0.15) is 11.5 Å². The smallest absolute Gasteiger partial charge is 0.387 e. The van der Waals surface area contributed by atoms with E-state index < -0.39 is 12.4 Å². The molecule has 3 aromatic carbocycles. The van der Waals surface area contributed by atoms with E-state index in [9.17, 15) is 13.2 Å². The lowest BCUT2D eigenvalue weighted by molar-refractivity contribution is -0.0498. The van der Waals surface area contributed by atoms with Gasteiger partial charge in [-0.25, -0.2) is 4.39 Å². The summed E-state index contributed by atoms with van der Waals surface area (Å²) in [6, 6.07) is 20.6. The van der Waals surface area contributed by atoms with E-state index in [4.69, 9.17) is 4.74 Å². The molecule has 1 atom stereocenters. The molecule has 0 radical (unpaired) electrons. The van der Waals surface area contributed by atoms with E-state index in [2.05, 4.69) is 11.3 Å². The highest BCUT2D eigenvalue weighted by Crippen LogP contribution is 2.28. The van der Waals surface area contributed by atoms with Gasteiger partial charge in [0.15, 0.2) is 11.6 Å². The maximum atomic E-state index is 14.1. The summed E-state index contributed by atoms with van der Waals surface area (Å²) in [7, 11) is 0. The van der Waals surface area contributed by atoms with Crippen molar-refractivity contribution in [3.05, 3.63) is 102 Å². The fourth-order valence-electron chi connectivity index (χ4n) is 3.24. The Hall–Kier alpha value is -3.21. The van der Waals surface area contributed by atoms with E-state index >= 15 is 0 Å². The number of halogens is 3. The number of para-hydroxylation sites is 1. The van der Waals surface area contributed by atoms with Crippen molar-refractivity contribution in [1.82, 2.24) is 0 Å². The lowest BCUT2D eigenvalue weighted by Crippen LogP contribution is -2.02. The zero-order valence-electron chi connectivity index (χ0n) is 16.4. The number of benzene rings is 3. The first-order valence-electron chi connectivity index (χ1n) is 9.74. The molecule has 0 spiro atoms. The maximum Gasteiger partial charge on any atom is 0.387 e. The highest BCUT2D eigenvalue weighted by atomic mass is 19.3. The monoisotopic (exact) mass is 412 g/mol. The summed E-state index contributed by atoms with van der Waals surface area (Å²) in [4.78, 5) is 0. The van der Waals surface area contributed by atoms with Crippen molar-refractivity contribution >= 4 is 0 Å². The van der Waals surface area contributed by atoms with Crippen molar-refractivity contribution in [2.24, 2.45) is 0 Å². The van der Waals surface area contributed by atoms with Crippen LogP contribution >= 0.6 is 0 Å². The Bertz CT molecular complexity index is 940. The third-order valence-corrected chi connectivity index (χ3v) is 4.77. The first-order valence-corrected chi connectivity index (χ1v) is 9.74. The summed E-state index contributed by atoms with van der Waals surface area (Å²) in [5.41, 5.74) is 1.96. The second kappa shape index (κ2) is 10.5. The number of allylic oxidation sites excluding steroid dienone is 1. The highest BCUT2D eigenvalue weighted by molar-refractivity contribution is 5.35. The molecule has 0 saturated heterocycles. The standard InChI is InChI=1S/C25H23F3O2/c1-2-19(20-12-14-22(15-13-20)30-25(27)28)8-6-7-18-11-16-23(26)24(17-18)29-21-9-4-3-5-10-21/h2-5,9-17,19,25H,1,6-8H2. The van der Waals surface area contributed by atoms with E-state index in [0.717, 1.165) is 30.4 Å². The summed E-state index contributed by atoms with van der Waals surface area (Å²) < 4.78 is 48.7. The largest absolute Gasteiger partial charge is 0.454 e. The van der Waals surface area contributed by atoms with Crippen LogP contribution in [0.15, 0.2) is 85.5 Å². The molecule has 5 heteroatoms. The van der Waals surface area contributed by atoms with Gasteiger partial charge in [0.05, 0.1) is 0 Å². The first-order chi connectivity index (χ1) is 14.5. The van der Waals surface area contributed by atoms with Crippen LogP contribution in [0, 0.1) is 5.82 Å². The topological polar surface area (TPSA) is 18.5 Å². The molecule has 0 fully saturated rings. The number of hydrogen-bond donors (Lipinski definition) is 0. The molecular weight excluding hydrogens is 389 g/mol. The quantitative estimate of drug-likeness (QED) is 0.321. The van der Waals surface area contributed by atoms with Crippen LogP contribution in [0.5, 0.6) is 17.2 Å². The van der Waals surface area contributed by atoms with Gasteiger partial charge in [-0.3, -0.25) is 0 Å². The molecular formula is C25H23F3O2. The Morgan fingerprint density at radius 2 is 1.63 bits per heavy atom. The molecule has 30 heavy (non-hydrogen) atoms. The van der Waals surface area contributed by atoms with Crippen LogP contribution in [0.2, 0.25) is 0 Å². The third kappa shape index (κ3) is 6.14. The summed E-state index contributed by atoms with van der Waals surface area (Å²) >= 11 is 0. The second-order valence-electron chi connectivity index (χ2n) is 6.86. The summed E-state index contributed by atoms with van der Waals surface area (Å²) in [5, 5.41) is 0. The predicted molar refractivity (Wildman–Crippen MR) is 112 cm³/mol. The zero-order valence-corrected chi connectivity index (χ0v) is 16.4. The van der Waals surface area contributed by atoms with Gasteiger partial charge in [-0.15, -0.1) is 6.58 Å². The second-order valence-corrected chi connectivity index (χ2v) is 6.86. The van der Waals surface area contributed by atoms with E-state index in [-0.39, 0.29) is 17.4 Å². The van der Waals surface area contributed by atoms with E-state index in [0.29, 0.717) is 5.75 Å². The average Bonchev–Trinajstić information content (AvgIpc) is 2.74. The summed E-state index contributed by atoms with van der Waals surface area (Å²) in [6.45, 7) is 1.05. The Morgan fingerprint density at radius 1 is 0.900 bits per heavy atom. The maximum absolute atomic E-state index is 14.1. The molecule has 0 aliphatic carbocycles. The molecule has 0 aliphatic heterocycles. The van der Waals surface area contributed by atoms with Gasteiger partial charge in [-0.05, 0) is 66.8 Å². The predicted octanol–water partition coefficient (Wildman–Crippen LogP) is 7.51. The minimum absolute atomic E-state index is 0.0890. The Balaban J connectivity index is 1.58. The molecule has 3 rings (SSSR count). The summed E-state index contributed by atoms with van der Waals surface area (Å²) in [6.07, 6.45) is 4.27. The highest BCUT2D eigenvalue weighted by Gasteiger charge is 2.11. The lowest BCUT2D eigenvalue weighted by Gasteiger charge is -2.14. The minimum atomic E-state index is -2.84. The van der Waals surface area contributed by atoms with Crippen molar-refractivity contribution in [2.45, 2.75) is 31.8 Å². The number of alkyl halides is 2. The number of hydrogen-bond acceptors (Lipinski definition) is 2. The van der Waals surface area contributed by atoms with Crippen LogP contribution in [0.3, 0.4) is 0 Å². The molecule has 156 valence electrons. The van der Waals surface area contributed by atoms with Gasteiger partial charge in [0.2, 0.25) is 0 Å². The lowest BCUT2D eigenvalue weighted by atomic mass is 9.92. The van der Waals surface area contributed by atoms with E-state index in [1.54, 1.807) is 36.4 Å². The van der Waals surface area contributed by atoms with Gasteiger partial charge in [-0.1, -0.05) is 42.5 Å². The van der Waals surface area contributed by atoms with Crippen molar-refractivity contribution in [3.63, 3.8) is 0 Å². The van der Waals surface area contributed by atoms with Crippen LogP contribution in [0.4, 0.5) is 13.2 Å². The molecule has 3 aromatic rings. The number of aryl methyl sites for hydroxylation is 1. The Labute approximate surface area is 174 Å².